The number of nitrogens with one attached hydrogen (secondary N) is 2. The van der Waals surface area contributed by atoms with Crippen molar-refractivity contribution < 1.29 is 14.0 Å². The second-order valence-electron chi connectivity index (χ2n) is 8.25. The van der Waals surface area contributed by atoms with E-state index in [1.807, 2.05) is 54.6 Å². The van der Waals surface area contributed by atoms with Crippen LogP contribution >= 0.6 is 0 Å². The maximum Gasteiger partial charge on any atom is 0.274 e. The van der Waals surface area contributed by atoms with Gasteiger partial charge in [-0.1, -0.05) is 66.7 Å². The number of hydrogen-bond donors (Lipinski definition) is 2. The largest absolute Gasteiger partial charge is 0.350 e. The molecule has 3 aromatic carbocycles. The third kappa shape index (κ3) is 5.15. The molecule has 0 atom stereocenters. The number of para-hydroxylation sites is 1. The fourth-order valence-corrected chi connectivity index (χ4v) is 3.96. The van der Waals surface area contributed by atoms with E-state index >= 15 is 0 Å². The maximum atomic E-state index is 14.4. The molecule has 0 bridgehead atoms. The summed E-state index contributed by atoms with van der Waals surface area (Å²) in [6.45, 7) is 0.556. The van der Waals surface area contributed by atoms with Crippen molar-refractivity contribution in [3.63, 3.8) is 0 Å². The lowest BCUT2D eigenvalue weighted by molar-refractivity contribution is -0.122. The third-order valence-corrected chi connectivity index (χ3v) is 5.73. The highest BCUT2D eigenvalue weighted by molar-refractivity contribution is 6.05. The zero-order chi connectivity index (χ0) is 24.9. The highest BCUT2D eigenvalue weighted by atomic mass is 19.1. The number of carbonyl (C=O) groups excluding carboxylic acids is 2. The van der Waals surface area contributed by atoms with E-state index in [9.17, 15) is 14.0 Å². The van der Waals surface area contributed by atoms with Gasteiger partial charge in [-0.2, -0.15) is 0 Å². The summed E-state index contributed by atoms with van der Waals surface area (Å²) in [5.74, 6) is -0.938. The van der Waals surface area contributed by atoms with E-state index in [1.165, 1.54) is 17.1 Å². The number of benzene rings is 3. The van der Waals surface area contributed by atoms with Crippen LogP contribution in [0.5, 0.6) is 0 Å². The van der Waals surface area contributed by atoms with Crippen LogP contribution in [-0.4, -0.2) is 31.1 Å². The van der Waals surface area contributed by atoms with Crippen molar-refractivity contribution in [2.45, 2.75) is 19.6 Å². The molecule has 0 spiro atoms. The normalized spacial score (nSPS) is 10.9. The fraction of sp³-hybridized carbons (Fsp3) is 0.111. The molecule has 0 aliphatic rings. The first kappa shape index (κ1) is 23.0. The first-order valence-electron chi connectivity index (χ1n) is 11.4. The molecule has 0 saturated carbocycles. The maximum absolute atomic E-state index is 14.4. The van der Waals surface area contributed by atoms with Crippen LogP contribution < -0.4 is 10.6 Å². The minimum absolute atomic E-state index is 0.0384. The van der Waals surface area contributed by atoms with Crippen LogP contribution in [0.15, 0.2) is 91.3 Å². The number of hydrogen-bond acceptors (Lipinski definition) is 4. The zero-order valence-electron chi connectivity index (χ0n) is 19.3. The molecule has 2 aromatic heterocycles. The van der Waals surface area contributed by atoms with Crippen molar-refractivity contribution in [1.29, 1.82) is 0 Å². The highest BCUT2D eigenvalue weighted by Crippen LogP contribution is 2.23. The minimum Gasteiger partial charge on any atom is -0.350 e. The van der Waals surface area contributed by atoms with Crippen molar-refractivity contribution in [3.8, 4) is 0 Å². The number of anilines is 1. The number of aromatic nitrogens is 4. The Hall–Kier alpha value is -4.79. The lowest BCUT2D eigenvalue weighted by Gasteiger charge is -2.11. The van der Waals surface area contributed by atoms with Crippen LogP contribution in [0.4, 0.5) is 10.3 Å². The van der Waals surface area contributed by atoms with Gasteiger partial charge in [0.2, 0.25) is 11.9 Å². The van der Waals surface area contributed by atoms with Crippen molar-refractivity contribution in [2.75, 3.05) is 5.32 Å². The van der Waals surface area contributed by atoms with Crippen molar-refractivity contribution in [1.82, 2.24) is 24.6 Å². The molecule has 0 fully saturated rings. The summed E-state index contributed by atoms with van der Waals surface area (Å²) in [5.41, 5.74) is 2.61. The van der Waals surface area contributed by atoms with Gasteiger partial charge in [0.05, 0.1) is 6.54 Å². The second kappa shape index (κ2) is 10.2. The smallest absolute Gasteiger partial charge is 0.274 e. The molecule has 0 unspecified atom stereocenters. The molecular weight excluding hydrogens is 459 g/mol. The van der Waals surface area contributed by atoms with E-state index in [1.54, 1.807) is 28.8 Å². The number of nitrogens with zero attached hydrogens (tertiary/aromatic N) is 4. The quantitative estimate of drug-likeness (QED) is 0.350. The van der Waals surface area contributed by atoms with Crippen molar-refractivity contribution in [3.05, 3.63) is 114 Å². The van der Waals surface area contributed by atoms with Gasteiger partial charge >= 0.3 is 0 Å². The Bertz CT molecular complexity index is 1530. The van der Waals surface area contributed by atoms with Gasteiger partial charge in [0.15, 0.2) is 0 Å². The molecule has 9 heteroatoms. The summed E-state index contributed by atoms with van der Waals surface area (Å²) in [6, 6.07) is 25.3. The molecule has 180 valence electrons. The Morgan fingerprint density at radius 2 is 1.67 bits per heavy atom. The summed E-state index contributed by atoms with van der Waals surface area (Å²) < 4.78 is 17.5. The average Bonchev–Trinajstić information content (AvgIpc) is 3.49. The number of rotatable bonds is 8. The summed E-state index contributed by atoms with van der Waals surface area (Å²) in [6.07, 6.45) is 1.38. The molecule has 0 radical (unpaired) electrons. The van der Waals surface area contributed by atoms with E-state index in [0.717, 1.165) is 16.5 Å². The van der Waals surface area contributed by atoms with Gasteiger partial charge in [-0.25, -0.2) is 14.1 Å². The van der Waals surface area contributed by atoms with Crippen LogP contribution in [0, 0.1) is 5.82 Å². The topological polar surface area (TPSA) is 93.8 Å². The Morgan fingerprint density at radius 3 is 2.50 bits per heavy atom. The Balaban J connectivity index is 1.29. The molecule has 0 saturated heterocycles. The van der Waals surface area contributed by atoms with Crippen LogP contribution in [0.25, 0.3) is 10.9 Å². The van der Waals surface area contributed by atoms with Gasteiger partial charge in [-0.3, -0.25) is 14.9 Å². The van der Waals surface area contributed by atoms with Crippen LogP contribution in [0.2, 0.25) is 0 Å². The van der Waals surface area contributed by atoms with E-state index < -0.39 is 5.91 Å². The van der Waals surface area contributed by atoms with Crippen molar-refractivity contribution >= 4 is 28.7 Å². The predicted octanol–water partition coefficient (Wildman–Crippen LogP) is 3.99. The first-order valence-corrected chi connectivity index (χ1v) is 11.4. The number of amides is 2. The summed E-state index contributed by atoms with van der Waals surface area (Å²) in [4.78, 5) is 29.5. The van der Waals surface area contributed by atoms with E-state index in [0.29, 0.717) is 17.8 Å². The minimum atomic E-state index is -0.436. The molecule has 0 aliphatic heterocycles. The average molecular weight is 483 g/mol. The lowest BCUT2D eigenvalue weighted by atomic mass is 10.2. The van der Waals surface area contributed by atoms with Crippen LogP contribution in [0.3, 0.4) is 0 Å². The molecule has 8 nitrogen and oxygen atoms in total. The van der Waals surface area contributed by atoms with Crippen LogP contribution in [0.1, 0.15) is 21.6 Å². The molecule has 36 heavy (non-hydrogen) atoms. The zero-order valence-corrected chi connectivity index (χ0v) is 19.3. The van der Waals surface area contributed by atoms with Gasteiger partial charge in [-0.05, 0) is 23.8 Å². The van der Waals surface area contributed by atoms with Crippen LogP contribution in [-0.2, 0) is 24.4 Å². The molecule has 2 heterocycles. The predicted molar refractivity (Wildman–Crippen MR) is 134 cm³/mol. The third-order valence-electron chi connectivity index (χ3n) is 5.73. The number of fused-ring (bicyclic) bond motifs is 1. The Labute approximate surface area is 206 Å². The Morgan fingerprint density at radius 1 is 0.917 bits per heavy atom. The van der Waals surface area contributed by atoms with E-state index in [-0.39, 0.29) is 30.8 Å². The summed E-state index contributed by atoms with van der Waals surface area (Å²) >= 11 is 0. The van der Waals surface area contributed by atoms with E-state index in [2.05, 4.69) is 20.7 Å². The Kier molecular flexibility index (Phi) is 6.53. The molecular formula is C27H23FN6O2. The SMILES string of the molecule is O=C(Cn1cnc(NC(=O)c2cc3ccccc3n2Cc2ccccc2F)n1)NCc1ccccc1. The molecule has 5 rings (SSSR count). The lowest BCUT2D eigenvalue weighted by Crippen LogP contribution is -2.27. The first-order chi connectivity index (χ1) is 17.6. The van der Waals surface area contributed by atoms with E-state index in [4.69, 9.17) is 0 Å². The van der Waals surface area contributed by atoms with Gasteiger partial charge in [0, 0.05) is 23.0 Å². The standard InChI is InChI=1S/C27H23FN6O2/c28-22-12-6-4-11-21(22)16-34-23-13-7-5-10-20(23)14-24(34)26(36)31-27-30-18-33(32-27)17-25(35)29-15-19-8-2-1-3-9-19/h1-14,18H,15-17H2,(H,29,35)(H,31,32,36). The van der Waals surface area contributed by atoms with Gasteiger partial charge < -0.3 is 9.88 Å². The second-order valence-corrected chi connectivity index (χ2v) is 8.25. The molecule has 2 N–H and O–H groups in total. The number of halogens is 1. The number of carbonyl (C=O) groups is 2. The molecule has 2 amide bonds. The fourth-order valence-electron chi connectivity index (χ4n) is 3.96. The van der Waals surface area contributed by atoms with Gasteiger partial charge in [0.25, 0.3) is 5.91 Å². The monoisotopic (exact) mass is 482 g/mol. The summed E-state index contributed by atoms with van der Waals surface area (Å²) in [5, 5.41) is 10.6. The van der Waals surface area contributed by atoms with Gasteiger partial charge in [-0.15, -0.1) is 5.10 Å². The van der Waals surface area contributed by atoms with Gasteiger partial charge in [0.1, 0.15) is 24.4 Å². The highest BCUT2D eigenvalue weighted by Gasteiger charge is 2.18. The summed E-state index contributed by atoms with van der Waals surface area (Å²) in [7, 11) is 0. The molecule has 5 aromatic rings. The van der Waals surface area contributed by atoms with Crippen molar-refractivity contribution in [2.24, 2.45) is 0 Å². The molecule has 0 aliphatic carbocycles.